The van der Waals surface area contributed by atoms with Gasteiger partial charge >= 0.3 is 5.97 Å². The lowest BCUT2D eigenvalue weighted by molar-refractivity contribution is 0.0697. The van der Waals surface area contributed by atoms with Gasteiger partial charge in [0.05, 0.1) is 27.8 Å². The van der Waals surface area contributed by atoms with Crippen LogP contribution in [-0.4, -0.2) is 17.2 Å². The second kappa shape index (κ2) is 8.50. The first-order valence-corrected chi connectivity index (χ1v) is 8.65. The Hall–Kier alpha value is -2.58. The fourth-order valence-corrected chi connectivity index (χ4v) is 2.63. The van der Waals surface area contributed by atoms with Crippen LogP contribution in [0.15, 0.2) is 46.9 Å². The van der Waals surface area contributed by atoms with Crippen LogP contribution in [0.1, 0.15) is 41.8 Å². The highest BCUT2D eigenvalue weighted by Crippen LogP contribution is 2.29. The number of carbonyl (C=O) groups is 1. The number of aromatic carboxylic acids is 1. The van der Waals surface area contributed by atoms with Gasteiger partial charge in [0.15, 0.2) is 0 Å². The van der Waals surface area contributed by atoms with Gasteiger partial charge in [0.1, 0.15) is 5.75 Å². The van der Waals surface area contributed by atoms with Crippen LogP contribution in [-0.2, 0) is 0 Å². The molecule has 128 valence electrons. The van der Waals surface area contributed by atoms with Gasteiger partial charge in [-0.2, -0.15) is 5.26 Å². The van der Waals surface area contributed by atoms with Gasteiger partial charge in [0.25, 0.3) is 0 Å². The van der Waals surface area contributed by atoms with Crippen molar-refractivity contribution in [3.8, 4) is 11.8 Å². The highest BCUT2D eigenvalue weighted by Gasteiger charge is 2.08. The van der Waals surface area contributed by atoms with Crippen LogP contribution in [0.5, 0.6) is 5.75 Å². The molecule has 0 radical (unpaired) electrons. The summed E-state index contributed by atoms with van der Waals surface area (Å²) in [5.41, 5.74) is 2.17. The summed E-state index contributed by atoms with van der Waals surface area (Å²) in [4.78, 5) is 10.9. The summed E-state index contributed by atoms with van der Waals surface area (Å²) in [7, 11) is 0. The molecule has 0 fully saturated rings. The van der Waals surface area contributed by atoms with Gasteiger partial charge in [0.2, 0.25) is 0 Å². The smallest absolute Gasteiger partial charge is 0.335 e. The number of nitriles is 1. The van der Waals surface area contributed by atoms with Crippen molar-refractivity contribution < 1.29 is 14.6 Å². The molecule has 2 aromatic rings. The molecule has 25 heavy (non-hydrogen) atoms. The molecule has 5 heteroatoms. The van der Waals surface area contributed by atoms with Crippen molar-refractivity contribution in [1.82, 2.24) is 0 Å². The Kier molecular flexibility index (Phi) is 6.37. The molecule has 0 amide bonds. The van der Waals surface area contributed by atoms with E-state index in [-0.39, 0.29) is 11.7 Å². The molecule has 0 aliphatic carbocycles. The van der Waals surface area contributed by atoms with Crippen LogP contribution in [0.4, 0.5) is 0 Å². The van der Waals surface area contributed by atoms with E-state index in [9.17, 15) is 10.1 Å². The van der Waals surface area contributed by atoms with E-state index in [1.165, 1.54) is 12.1 Å². The highest BCUT2D eigenvalue weighted by molar-refractivity contribution is 9.10. The topological polar surface area (TPSA) is 70.3 Å². The van der Waals surface area contributed by atoms with Crippen LogP contribution in [0.25, 0.3) is 11.6 Å². The summed E-state index contributed by atoms with van der Waals surface area (Å²) < 4.78 is 6.63. The Labute approximate surface area is 155 Å². The van der Waals surface area contributed by atoms with Gasteiger partial charge in [-0.1, -0.05) is 25.1 Å². The maximum absolute atomic E-state index is 10.9. The third-order valence-corrected chi connectivity index (χ3v) is 4.35. The number of carboxylic acids is 1. The van der Waals surface area contributed by atoms with Crippen LogP contribution >= 0.6 is 15.9 Å². The maximum atomic E-state index is 10.9. The Morgan fingerprint density at radius 3 is 2.44 bits per heavy atom. The van der Waals surface area contributed by atoms with Crippen molar-refractivity contribution in [1.29, 1.82) is 5.26 Å². The summed E-state index contributed by atoms with van der Waals surface area (Å²) in [6.07, 6.45) is 2.80. The average molecular weight is 400 g/mol. The Morgan fingerprint density at radius 1 is 1.28 bits per heavy atom. The summed E-state index contributed by atoms with van der Waals surface area (Å²) in [6, 6.07) is 14.0. The quantitative estimate of drug-likeness (QED) is 0.522. The standard InChI is InChI=1S/C20H18BrNO3/c1-3-13(2)25-19-9-4-14(11-18(19)21)10-17(12-22)15-5-7-16(8-6-15)20(23)24/h4-11,13H,3H2,1-2H3,(H,23,24). The molecule has 2 rings (SSSR count). The molecule has 1 N–H and O–H groups in total. The molecule has 4 nitrogen and oxygen atoms in total. The van der Waals surface area contributed by atoms with Gasteiger partial charge in [-0.25, -0.2) is 4.79 Å². The second-order valence-electron chi connectivity index (χ2n) is 5.58. The highest BCUT2D eigenvalue weighted by atomic mass is 79.9. The number of carboxylic acid groups (broad SMARTS) is 1. The molecule has 0 saturated carbocycles. The van der Waals surface area contributed by atoms with E-state index in [1.54, 1.807) is 18.2 Å². The third kappa shape index (κ3) is 4.94. The minimum atomic E-state index is -0.991. The number of benzene rings is 2. The lowest BCUT2D eigenvalue weighted by atomic mass is 10.0. The van der Waals surface area contributed by atoms with Crippen LogP contribution < -0.4 is 4.74 Å². The molecule has 0 spiro atoms. The van der Waals surface area contributed by atoms with Crippen molar-refractivity contribution in [2.45, 2.75) is 26.4 Å². The van der Waals surface area contributed by atoms with E-state index in [0.29, 0.717) is 11.1 Å². The lowest BCUT2D eigenvalue weighted by Crippen LogP contribution is -2.09. The molecule has 0 saturated heterocycles. The SMILES string of the molecule is CCC(C)Oc1ccc(C=C(C#N)c2ccc(C(=O)O)cc2)cc1Br. The Bertz CT molecular complexity index is 835. The Morgan fingerprint density at radius 2 is 1.92 bits per heavy atom. The first-order chi connectivity index (χ1) is 11.9. The van der Waals surface area contributed by atoms with Crippen molar-refractivity contribution in [3.05, 3.63) is 63.6 Å². The number of ether oxygens (including phenoxy) is 1. The van der Waals surface area contributed by atoms with E-state index in [0.717, 1.165) is 22.2 Å². The molecule has 0 aliphatic heterocycles. The van der Waals surface area contributed by atoms with E-state index in [1.807, 2.05) is 25.1 Å². The third-order valence-electron chi connectivity index (χ3n) is 3.73. The minimum Gasteiger partial charge on any atom is -0.490 e. The number of allylic oxidation sites excluding steroid dienone is 1. The summed E-state index contributed by atoms with van der Waals surface area (Å²) in [6.45, 7) is 4.07. The molecule has 0 bridgehead atoms. The summed E-state index contributed by atoms with van der Waals surface area (Å²) in [5.74, 6) is -0.231. The summed E-state index contributed by atoms with van der Waals surface area (Å²) in [5, 5.41) is 18.4. The zero-order valence-electron chi connectivity index (χ0n) is 14.0. The predicted molar refractivity (Wildman–Crippen MR) is 101 cm³/mol. The van der Waals surface area contributed by atoms with E-state index < -0.39 is 5.97 Å². The van der Waals surface area contributed by atoms with Gasteiger partial charge in [-0.3, -0.25) is 0 Å². The monoisotopic (exact) mass is 399 g/mol. The van der Waals surface area contributed by atoms with Gasteiger partial charge in [-0.05, 0) is 70.7 Å². The molecule has 0 aromatic heterocycles. The number of hydrogen-bond donors (Lipinski definition) is 1. The number of hydrogen-bond acceptors (Lipinski definition) is 3. The fraction of sp³-hybridized carbons (Fsp3) is 0.200. The van der Waals surface area contributed by atoms with Gasteiger partial charge in [-0.15, -0.1) is 0 Å². The molecule has 0 heterocycles. The van der Waals surface area contributed by atoms with Gasteiger partial charge < -0.3 is 9.84 Å². The molecule has 0 aliphatic rings. The minimum absolute atomic E-state index is 0.125. The molecular formula is C20H18BrNO3. The lowest BCUT2D eigenvalue weighted by Gasteiger charge is -2.14. The van der Waals surface area contributed by atoms with Crippen molar-refractivity contribution in [3.63, 3.8) is 0 Å². The normalized spacial score (nSPS) is 12.3. The Balaban J connectivity index is 2.29. The zero-order chi connectivity index (χ0) is 18.4. The predicted octanol–water partition coefficient (Wildman–Crippen LogP) is 5.39. The zero-order valence-corrected chi connectivity index (χ0v) is 15.6. The first kappa shape index (κ1) is 18.8. The maximum Gasteiger partial charge on any atom is 0.335 e. The molecule has 1 atom stereocenters. The van der Waals surface area contributed by atoms with Crippen molar-refractivity contribution in [2.24, 2.45) is 0 Å². The fourth-order valence-electron chi connectivity index (χ4n) is 2.14. The average Bonchev–Trinajstić information content (AvgIpc) is 2.61. The van der Waals surface area contributed by atoms with Crippen LogP contribution in [0.2, 0.25) is 0 Å². The second-order valence-corrected chi connectivity index (χ2v) is 6.43. The molecular weight excluding hydrogens is 382 g/mol. The van der Waals surface area contributed by atoms with Gasteiger partial charge in [0, 0.05) is 0 Å². The van der Waals surface area contributed by atoms with Crippen molar-refractivity contribution >= 4 is 33.5 Å². The largest absolute Gasteiger partial charge is 0.490 e. The van der Waals surface area contributed by atoms with Crippen molar-refractivity contribution in [2.75, 3.05) is 0 Å². The molecule has 2 aromatic carbocycles. The summed E-state index contributed by atoms with van der Waals surface area (Å²) >= 11 is 3.50. The van der Waals surface area contributed by atoms with Crippen LogP contribution in [0.3, 0.4) is 0 Å². The number of rotatable bonds is 6. The van der Waals surface area contributed by atoms with E-state index in [4.69, 9.17) is 9.84 Å². The molecule has 1 unspecified atom stereocenters. The first-order valence-electron chi connectivity index (χ1n) is 7.86. The number of nitrogens with zero attached hydrogens (tertiary/aromatic N) is 1. The van der Waals surface area contributed by atoms with E-state index in [2.05, 4.69) is 28.9 Å². The number of halogens is 1. The van der Waals surface area contributed by atoms with E-state index >= 15 is 0 Å². The van der Waals surface area contributed by atoms with Crippen LogP contribution in [0, 0.1) is 11.3 Å².